The summed E-state index contributed by atoms with van der Waals surface area (Å²) in [5.41, 5.74) is 0.735. The van der Waals surface area contributed by atoms with Crippen LogP contribution in [0.15, 0.2) is 24.3 Å². The number of carbonyl (C=O) groups excluding carboxylic acids is 2. The smallest absolute Gasteiger partial charge is 0.418 e. The zero-order valence-corrected chi connectivity index (χ0v) is 13.9. The standard InChI is InChI=1S/C17H23N2O4/c1-5-6-14(22-11-20)12-7-9-13(10-8-12)15(18)19-16(21)23-17(2,3)4/h7-10,14H,5-6H2,1-4H3,(H2,18,19,21). The molecule has 0 aliphatic rings. The molecule has 0 aliphatic heterocycles. The van der Waals surface area contributed by atoms with Crippen molar-refractivity contribution in [3.05, 3.63) is 35.4 Å². The Labute approximate surface area is 136 Å². The Bertz CT molecular complexity index is 547. The lowest BCUT2D eigenvalue weighted by Gasteiger charge is -2.20. The highest BCUT2D eigenvalue weighted by atomic mass is 16.6. The van der Waals surface area contributed by atoms with E-state index in [1.54, 1.807) is 45.0 Å². The van der Waals surface area contributed by atoms with E-state index >= 15 is 0 Å². The van der Waals surface area contributed by atoms with Gasteiger partial charge in [-0.3, -0.25) is 10.7 Å². The van der Waals surface area contributed by atoms with Crippen molar-refractivity contribution in [2.75, 3.05) is 0 Å². The van der Waals surface area contributed by atoms with Crippen molar-refractivity contribution in [3.8, 4) is 0 Å². The summed E-state index contributed by atoms with van der Waals surface area (Å²) in [6.07, 6.45) is 0.542. The molecule has 1 aromatic carbocycles. The maximum absolute atomic E-state index is 11.7. The molecule has 1 aromatic rings. The zero-order valence-electron chi connectivity index (χ0n) is 13.9. The van der Waals surface area contributed by atoms with Gasteiger partial charge in [0.1, 0.15) is 17.5 Å². The van der Waals surface area contributed by atoms with Gasteiger partial charge in [0.15, 0.2) is 0 Å². The van der Waals surface area contributed by atoms with Crippen LogP contribution in [0.25, 0.3) is 0 Å². The lowest BCUT2D eigenvalue weighted by atomic mass is 10.0. The van der Waals surface area contributed by atoms with Crippen LogP contribution in [0, 0.1) is 5.41 Å². The van der Waals surface area contributed by atoms with Gasteiger partial charge in [-0.1, -0.05) is 37.6 Å². The summed E-state index contributed by atoms with van der Waals surface area (Å²) in [4.78, 5) is 22.1. The molecule has 6 heteroatoms. The van der Waals surface area contributed by atoms with Crippen molar-refractivity contribution in [2.45, 2.75) is 52.2 Å². The van der Waals surface area contributed by atoms with E-state index in [9.17, 15) is 9.59 Å². The third-order valence-electron chi connectivity index (χ3n) is 2.94. The van der Waals surface area contributed by atoms with E-state index in [4.69, 9.17) is 14.9 Å². The fourth-order valence-electron chi connectivity index (χ4n) is 1.96. The largest absolute Gasteiger partial charge is 0.449 e. The summed E-state index contributed by atoms with van der Waals surface area (Å²) in [5.74, 6) is -0.0549. The van der Waals surface area contributed by atoms with Crippen LogP contribution < -0.4 is 5.32 Å². The van der Waals surface area contributed by atoms with Gasteiger partial charge in [-0.25, -0.2) is 9.59 Å². The molecule has 0 bridgehead atoms. The monoisotopic (exact) mass is 319 g/mol. The van der Waals surface area contributed by atoms with Crippen molar-refractivity contribution in [1.29, 1.82) is 5.41 Å². The van der Waals surface area contributed by atoms with Crippen LogP contribution in [0.2, 0.25) is 0 Å². The molecule has 23 heavy (non-hydrogen) atoms. The first kappa shape index (κ1) is 18.7. The number of ether oxygens (including phenoxy) is 2. The number of carbonyl (C=O) groups is 1. The second-order valence-electron chi connectivity index (χ2n) is 6.10. The molecule has 1 atom stereocenters. The predicted molar refractivity (Wildman–Crippen MR) is 87.1 cm³/mol. The van der Waals surface area contributed by atoms with E-state index in [0.717, 1.165) is 12.0 Å². The summed E-state index contributed by atoms with van der Waals surface area (Å²) in [5, 5.41) is 10.3. The maximum atomic E-state index is 11.7. The van der Waals surface area contributed by atoms with Crippen LogP contribution in [0.3, 0.4) is 0 Å². The van der Waals surface area contributed by atoms with Gasteiger partial charge in [-0.2, -0.15) is 0 Å². The fourth-order valence-corrected chi connectivity index (χ4v) is 1.96. The zero-order chi connectivity index (χ0) is 17.5. The molecule has 6 nitrogen and oxygen atoms in total. The Kier molecular flexibility index (Phi) is 6.75. The van der Waals surface area contributed by atoms with Gasteiger partial charge in [0, 0.05) is 5.56 Å². The number of alkyl carbamates (subject to hydrolysis) is 1. The number of benzene rings is 1. The highest BCUT2D eigenvalue weighted by molar-refractivity contribution is 6.04. The van der Waals surface area contributed by atoms with Crippen molar-refractivity contribution in [3.63, 3.8) is 0 Å². The van der Waals surface area contributed by atoms with E-state index in [-0.39, 0.29) is 11.9 Å². The molecular weight excluding hydrogens is 296 g/mol. The second-order valence-corrected chi connectivity index (χ2v) is 6.10. The topological polar surface area (TPSA) is 88.5 Å². The molecule has 0 aliphatic carbocycles. The highest BCUT2D eigenvalue weighted by Crippen LogP contribution is 2.22. The highest BCUT2D eigenvalue weighted by Gasteiger charge is 2.18. The van der Waals surface area contributed by atoms with Crippen LogP contribution in [0.1, 0.15) is 57.8 Å². The van der Waals surface area contributed by atoms with E-state index in [1.165, 1.54) is 6.47 Å². The Hall–Kier alpha value is -2.37. The maximum Gasteiger partial charge on any atom is 0.418 e. The minimum atomic E-state index is -0.672. The fraction of sp³-hybridized carbons (Fsp3) is 0.471. The lowest BCUT2D eigenvalue weighted by Crippen LogP contribution is -2.36. The van der Waals surface area contributed by atoms with Crippen molar-refractivity contribution in [1.82, 2.24) is 5.32 Å². The first-order valence-electron chi connectivity index (χ1n) is 7.48. The number of amidine groups is 1. The van der Waals surface area contributed by atoms with E-state index in [0.29, 0.717) is 12.0 Å². The summed E-state index contributed by atoms with van der Waals surface area (Å²) in [6, 6.07) is 6.90. The number of nitrogens with one attached hydrogen (secondary N) is 2. The average molecular weight is 319 g/mol. The molecule has 1 radical (unpaired) electrons. The van der Waals surface area contributed by atoms with Crippen LogP contribution in [-0.2, 0) is 14.3 Å². The van der Waals surface area contributed by atoms with Gasteiger partial charge < -0.3 is 9.47 Å². The second kappa shape index (κ2) is 8.31. The quantitative estimate of drug-likeness (QED) is 0.621. The molecule has 125 valence electrons. The van der Waals surface area contributed by atoms with Crippen molar-refractivity contribution >= 4 is 18.4 Å². The van der Waals surface area contributed by atoms with Gasteiger partial charge in [0.2, 0.25) is 0 Å². The first-order valence-corrected chi connectivity index (χ1v) is 7.48. The number of hydrogen-bond acceptors (Lipinski definition) is 5. The molecule has 2 N–H and O–H groups in total. The molecule has 0 saturated carbocycles. The summed E-state index contributed by atoms with van der Waals surface area (Å²) in [6.45, 7) is 8.73. The Morgan fingerprint density at radius 1 is 1.30 bits per heavy atom. The number of rotatable bonds is 6. The minimum absolute atomic E-state index is 0.0549. The first-order chi connectivity index (χ1) is 10.8. The van der Waals surface area contributed by atoms with Crippen LogP contribution in [0.5, 0.6) is 0 Å². The van der Waals surface area contributed by atoms with Gasteiger partial charge in [-0.05, 0) is 32.8 Å². The average Bonchev–Trinajstić information content (AvgIpc) is 2.45. The lowest BCUT2D eigenvalue weighted by molar-refractivity contribution is 0.0563. The molecule has 0 spiro atoms. The van der Waals surface area contributed by atoms with Gasteiger partial charge >= 0.3 is 12.6 Å². The summed E-state index contributed by atoms with van der Waals surface area (Å²) >= 11 is 0. The van der Waals surface area contributed by atoms with Crippen LogP contribution in [-0.4, -0.2) is 24.0 Å². The Morgan fingerprint density at radius 3 is 2.39 bits per heavy atom. The summed E-state index contributed by atoms with van der Waals surface area (Å²) < 4.78 is 10.0. The molecule has 1 rings (SSSR count). The molecule has 0 aromatic heterocycles. The molecule has 1 amide bonds. The number of amides is 1. The van der Waals surface area contributed by atoms with Crippen molar-refractivity contribution < 1.29 is 19.1 Å². The molecule has 1 unspecified atom stereocenters. The minimum Gasteiger partial charge on any atom is -0.449 e. The van der Waals surface area contributed by atoms with Crippen LogP contribution >= 0.6 is 0 Å². The predicted octanol–water partition coefficient (Wildman–Crippen LogP) is 3.46. The summed E-state index contributed by atoms with van der Waals surface area (Å²) in [7, 11) is 0. The SMILES string of the molecule is CCCC(O[C]=O)c1ccc(C(=N)NC(=O)OC(C)(C)C)cc1. The third kappa shape index (κ3) is 6.50. The van der Waals surface area contributed by atoms with E-state index in [2.05, 4.69) is 5.32 Å². The van der Waals surface area contributed by atoms with Gasteiger partial charge in [-0.15, -0.1) is 0 Å². The Balaban J connectivity index is 2.73. The van der Waals surface area contributed by atoms with E-state index in [1.807, 2.05) is 6.92 Å². The molecular formula is C17H23N2O4. The van der Waals surface area contributed by atoms with Crippen LogP contribution in [0.4, 0.5) is 4.79 Å². The normalized spacial score (nSPS) is 12.2. The molecule has 0 saturated heterocycles. The molecule has 0 heterocycles. The van der Waals surface area contributed by atoms with Crippen molar-refractivity contribution in [2.24, 2.45) is 0 Å². The third-order valence-corrected chi connectivity index (χ3v) is 2.94. The van der Waals surface area contributed by atoms with Gasteiger partial charge in [0.05, 0.1) is 0 Å². The number of hydrogen-bond donors (Lipinski definition) is 2. The molecule has 0 fully saturated rings. The Morgan fingerprint density at radius 2 is 1.91 bits per heavy atom. The van der Waals surface area contributed by atoms with E-state index < -0.39 is 11.7 Å². The van der Waals surface area contributed by atoms with Gasteiger partial charge in [0.25, 0.3) is 0 Å².